The van der Waals surface area contributed by atoms with Gasteiger partial charge in [0.25, 0.3) is 0 Å². The van der Waals surface area contributed by atoms with E-state index in [2.05, 4.69) is 25.3 Å². The van der Waals surface area contributed by atoms with Crippen molar-refractivity contribution in [3.8, 4) is 0 Å². The van der Waals surface area contributed by atoms with E-state index in [9.17, 15) is 19.2 Å². The van der Waals surface area contributed by atoms with E-state index in [-0.39, 0.29) is 97.4 Å². The van der Waals surface area contributed by atoms with Gasteiger partial charge in [0, 0.05) is 35.8 Å². The third-order valence-electron chi connectivity index (χ3n) is 10.5. The van der Waals surface area contributed by atoms with E-state index in [4.69, 9.17) is 28.4 Å². The molecular formula is C35H44O10. The fourth-order valence-electron chi connectivity index (χ4n) is 7.37. The summed E-state index contributed by atoms with van der Waals surface area (Å²) in [7, 11) is 0. The minimum atomic E-state index is -0.368. The van der Waals surface area contributed by atoms with Crippen molar-refractivity contribution in [3.63, 3.8) is 0 Å². The second-order valence-electron chi connectivity index (χ2n) is 13.8. The smallest absolute Gasteiger partial charge is 0.334 e. The molecule has 2 aliphatic carbocycles. The highest BCUT2D eigenvalue weighted by molar-refractivity contribution is 5.91. The lowest BCUT2D eigenvalue weighted by Crippen LogP contribution is -2.29. The number of epoxide rings is 2. The molecule has 4 aliphatic heterocycles. The number of allylic oxidation sites excluding steroid dienone is 2. The van der Waals surface area contributed by atoms with Crippen LogP contribution in [0.4, 0.5) is 0 Å². The van der Waals surface area contributed by atoms with Gasteiger partial charge in [-0.05, 0) is 82.8 Å². The minimum Gasteiger partial charge on any atom is -0.461 e. The Kier molecular flexibility index (Phi) is 8.82. The number of rotatable bonds is 8. The van der Waals surface area contributed by atoms with Crippen LogP contribution >= 0.6 is 0 Å². The Bertz CT molecular complexity index is 1240. The van der Waals surface area contributed by atoms with Crippen LogP contribution in [0.3, 0.4) is 0 Å². The topological polar surface area (TPSA) is 130 Å². The summed E-state index contributed by atoms with van der Waals surface area (Å²) in [6.45, 7) is 12.3. The van der Waals surface area contributed by atoms with E-state index in [1.165, 1.54) is 0 Å². The number of esters is 4. The molecule has 10 nitrogen and oxygen atoms in total. The predicted octanol–water partition coefficient (Wildman–Crippen LogP) is 4.75. The molecule has 0 spiro atoms. The molecule has 4 fully saturated rings. The van der Waals surface area contributed by atoms with E-state index in [0.717, 1.165) is 36.8 Å². The Morgan fingerprint density at radius 2 is 1.20 bits per heavy atom. The van der Waals surface area contributed by atoms with Crippen LogP contribution in [0, 0.1) is 11.8 Å². The summed E-state index contributed by atoms with van der Waals surface area (Å²) in [6, 6.07) is 0. The van der Waals surface area contributed by atoms with Crippen molar-refractivity contribution in [2.45, 2.75) is 120 Å². The van der Waals surface area contributed by atoms with E-state index in [0.29, 0.717) is 43.3 Å². The van der Waals surface area contributed by atoms with Crippen LogP contribution in [0.15, 0.2) is 47.6 Å². The standard InChI is InChI=1S/C35H44O10/c1-20-24-14-12-22(8-6-16-34(3)30(44-34)28(24)42-32(20)38)18-40-26(36)10-5-11-27(37)41-19-23-9-7-17-35(4)31(45-35)29-25(15-13-23)21(2)33(39)43-29/h8-9,24-25,28-31H,1-2,5-7,10-19H2,3-4H3/b22-8+,23-9+/t24-,25-,28-,29-,30-,31-,34+,35+/m0/s1. The molecule has 10 heteroatoms. The normalized spacial score (nSPS) is 39.7. The summed E-state index contributed by atoms with van der Waals surface area (Å²) in [4.78, 5) is 49.4. The maximum Gasteiger partial charge on any atom is 0.334 e. The van der Waals surface area contributed by atoms with Crippen molar-refractivity contribution in [2.75, 3.05) is 13.2 Å². The van der Waals surface area contributed by atoms with Gasteiger partial charge in [0.15, 0.2) is 0 Å². The highest BCUT2D eigenvalue weighted by Crippen LogP contribution is 2.51. The summed E-state index contributed by atoms with van der Waals surface area (Å²) in [5, 5.41) is 0. The zero-order valence-electron chi connectivity index (χ0n) is 26.3. The Labute approximate surface area is 264 Å². The number of hydrogen-bond donors (Lipinski definition) is 0. The van der Waals surface area contributed by atoms with E-state index in [1.54, 1.807) is 0 Å². The van der Waals surface area contributed by atoms with E-state index < -0.39 is 0 Å². The summed E-state index contributed by atoms with van der Waals surface area (Å²) in [5.74, 6) is -1.67. The molecule has 0 unspecified atom stereocenters. The summed E-state index contributed by atoms with van der Waals surface area (Å²) in [6.07, 6.45) is 9.78. The van der Waals surface area contributed by atoms with Gasteiger partial charge in [-0.3, -0.25) is 9.59 Å². The summed E-state index contributed by atoms with van der Waals surface area (Å²) in [5.41, 5.74) is 2.32. The van der Waals surface area contributed by atoms with Crippen molar-refractivity contribution in [1.82, 2.24) is 0 Å². The highest BCUT2D eigenvalue weighted by Gasteiger charge is 2.62. The average molecular weight is 625 g/mol. The van der Waals surface area contributed by atoms with Crippen molar-refractivity contribution in [1.29, 1.82) is 0 Å². The average Bonchev–Trinajstić information content (AvgIpc) is 3.81. The lowest BCUT2D eigenvalue weighted by atomic mass is 9.84. The molecule has 8 atom stereocenters. The maximum absolute atomic E-state index is 12.5. The van der Waals surface area contributed by atoms with Crippen LogP contribution in [-0.4, -0.2) is 72.7 Å². The van der Waals surface area contributed by atoms with Gasteiger partial charge in [-0.25, -0.2) is 9.59 Å². The minimum absolute atomic E-state index is 0.0981. The molecule has 0 N–H and O–H groups in total. The highest BCUT2D eigenvalue weighted by atomic mass is 16.7. The first-order valence-corrected chi connectivity index (χ1v) is 16.3. The van der Waals surface area contributed by atoms with Gasteiger partial charge in [0.05, 0.1) is 11.2 Å². The molecule has 0 radical (unpaired) electrons. The van der Waals surface area contributed by atoms with Crippen LogP contribution in [0.5, 0.6) is 0 Å². The molecule has 4 saturated heterocycles. The summed E-state index contributed by atoms with van der Waals surface area (Å²) >= 11 is 0. The SMILES string of the molecule is C=C1C(=O)O[C@H]2[C@H]1CC/C(COC(=O)CCCC(=O)OC/C1=C/CC[C@@]3(C)O[C@H]3[C@H]3OC(=O)C(=C)[C@@H]3CC1)=C\CC[C@@]1(C)O[C@@H]21. The van der Waals surface area contributed by atoms with Crippen molar-refractivity contribution < 1.29 is 47.6 Å². The van der Waals surface area contributed by atoms with Crippen LogP contribution in [0.1, 0.15) is 84.5 Å². The molecule has 0 amide bonds. The molecule has 0 saturated carbocycles. The predicted molar refractivity (Wildman–Crippen MR) is 160 cm³/mol. The van der Waals surface area contributed by atoms with Crippen LogP contribution in [0.25, 0.3) is 0 Å². The van der Waals surface area contributed by atoms with Crippen LogP contribution in [0.2, 0.25) is 0 Å². The number of carbonyl (C=O) groups excluding carboxylic acids is 4. The quantitative estimate of drug-likeness (QED) is 0.123. The lowest BCUT2D eigenvalue weighted by molar-refractivity contribution is -0.145. The largest absolute Gasteiger partial charge is 0.461 e. The lowest BCUT2D eigenvalue weighted by Gasteiger charge is -2.20. The molecule has 6 aliphatic rings. The Hall–Kier alpha value is -3.24. The Morgan fingerprint density at radius 3 is 1.62 bits per heavy atom. The summed E-state index contributed by atoms with van der Waals surface area (Å²) < 4.78 is 34.2. The first-order valence-electron chi connectivity index (χ1n) is 16.3. The van der Waals surface area contributed by atoms with Crippen molar-refractivity contribution in [2.24, 2.45) is 11.8 Å². The fourth-order valence-corrected chi connectivity index (χ4v) is 7.37. The fraction of sp³-hybridized carbons (Fsp3) is 0.657. The molecule has 0 bridgehead atoms. The van der Waals surface area contributed by atoms with Crippen molar-refractivity contribution in [3.05, 3.63) is 47.6 Å². The first kappa shape index (κ1) is 31.7. The molecule has 4 heterocycles. The van der Waals surface area contributed by atoms with E-state index >= 15 is 0 Å². The van der Waals surface area contributed by atoms with Gasteiger partial charge >= 0.3 is 23.9 Å². The number of hydrogen-bond acceptors (Lipinski definition) is 10. The monoisotopic (exact) mass is 624 g/mol. The molecule has 0 aromatic heterocycles. The Morgan fingerprint density at radius 1 is 0.778 bits per heavy atom. The van der Waals surface area contributed by atoms with Crippen LogP contribution in [-0.2, 0) is 47.6 Å². The maximum atomic E-state index is 12.5. The molecule has 45 heavy (non-hydrogen) atoms. The molecule has 6 rings (SSSR count). The third kappa shape index (κ3) is 6.82. The van der Waals surface area contributed by atoms with Crippen LogP contribution < -0.4 is 0 Å². The zero-order valence-corrected chi connectivity index (χ0v) is 26.3. The number of ether oxygens (including phenoxy) is 6. The van der Waals surface area contributed by atoms with E-state index in [1.807, 2.05) is 13.8 Å². The molecule has 0 aromatic rings. The third-order valence-corrected chi connectivity index (χ3v) is 10.5. The second kappa shape index (κ2) is 12.5. The molecule has 244 valence electrons. The van der Waals surface area contributed by atoms with Crippen molar-refractivity contribution >= 4 is 23.9 Å². The van der Waals surface area contributed by atoms with Gasteiger partial charge < -0.3 is 28.4 Å². The van der Waals surface area contributed by atoms with Gasteiger partial charge in [-0.1, -0.05) is 25.3 Å². The number of carbonyl (C=O) groups is 4. The van der Waals surface area contributed by atoms with Gasteiger partial charge in [0.2, 0.25) is 0 Å². The first-order chi connectivity index (χ1) is 21.5. The Balaban J connectivity index is 0.920. The number of fused-ring (bicyclic) bond motifs is 6. The zero-order chi connectivity index (χ0) is 31.9. The molecular weight excluding hydrogens is 580 g/mol. The van der Waals surface area contributed by atoms with Gasteiger partial charge in [-0.15, -0.1) is 0 Å². The molecule has 0 aromatic carbocycles. The second-order valence-corrected chi connectivity index (χ2v) is 13.8. The van der Waals surface area contributed by atoms with Gasteiger partial charge in [0.1, 0.15) is 37.6 Å². The van der Waals surface area contributed by atoms with Gasteiger partial charge in [-0.2, -0.15) is 0 Å².